The molecule has 0 aliphatic heterocycles. The summed E-state index contributed by atoms with van der Waals surface area (Å²) in [6, 6.07) is 11.1. The zero-order chi connectivity index (χ0) is 14.7. The van der Waals surface area contributed by atoms with E-state index in [1.807, 2.05) is 30.3 Å². The number of methoxy groups -OCH3 is 1. The van der Waals surface area contributed by atoms with E-state index < -0.39 is 0 Å². The molecule has 0 fully saturated rings. The smallest absolute Gasteiger partial charge is 0.137 e. The van der Waals surface area contributed by atoms with E-state index in [9.17, 15) is 0 Å². The molecule has 0 aliphatic carbocycles. The van der Waals surface area contributed by atoms with Crippen molar-refractivity contribution in [2.75, 3.05) is 7.11 Å². The molecular formula is C15H14BrCl2NO. The molecule has 0 bridgehead atoms. The Labute approximate surface area is 137 Å². The third-order valence-corrected chi connectivity index (χ3v) is 4.07. The average Bonchev–Trinajstić information content (AvgIpc) is 2.40. The molecule has 2 nitrogen and oxygen atoms in total. The van der Waals surface area contributed by atoms with Crippen LogP contribution in [-0.4, -0.2) is 7.11 Å². The van der Waals surface area contributed by atoms with E-state index in [1.54, 1.807) is 13.2 Å². The second kappa shape index (κ2) is 6.81. The van der Waals surface area contributed by atoms with Gasteiger partial charge < -0.3 is 10.5 Å². The predicted octanol–water partition coefficient (Wildman–Crippen LogP) is 5.01. The lowest BCUT2D eigenvalue weighted by Crippen LogP contribution is -2.14. The predicted molar refractivity (Wildman–Crippen MR) is 87.8 cm³/mol. The van der Waals surface area contributed by atoms with E-state index in [4.69, 9.17) is 33.7 Å². The number of nitrogens with two attached hydrogens (primary N) is 1. The molecule has 0 saturated carbocycles. The van der Waals surface area contributed by atoms with Gasteiger partial charge in [-0.3, -0.25) is 0 Å². The van der Waals surface area contributed by atoms with Crippen molar-refractivity contribution in [3.63, 3.8) is 0 Å². The van der Waals surface area contributed by atoms with Crippen LogP contribution in [0.15, 0.2) is 40.9 Å². The molecule has 0 aromatic heterocycles. The summed E-state index contributed by atoms with van der Waals surface area (Å²) in [6.45, 7) is 0. The molecule has 20 heavy (non-hydrogen) atoms. The molecule has 0 heterocycles. The highest BCUT2D eigenvalue weighted by Crippen LogP contribution is 2.36. The van der Waals surface area contributed by atoms with Gasteiger partial charge in [-0.05, 0) is 52.2 Å². The van der Waals surface area contributed by atoms with Crippen LogP contribution in [0, 0.1) is 0 Å². The van der Waals surface area contributed by atoms with Gasteiger partial charge >= 0.3 is 0 Å². The average molecular weight is 375 g/mol. The second-order valence-electron chi connectivity index (χ2n) is 4.45. The van der Waals surface area contributed by atoms with Crippen molar-refractivity contribution in [2.24, 2.45) is 5.73 Å². The fourth-order valence-electron chi connectivity index (χ4n) is 2.06. The molecule has 2 aromatic carbocycles. The molecule has 0 aliphatic rings. The van der Waals surface area contributed by atoms with Crippen LogP contribution in [0.25, 0.3) is 0 Å². The SMILES string of the molecule is COc1c(Br)cc(Cl)cc1C(N)Cc1ccc(Cl)cc1. The summed E-state index contributed by atoms with van der Waals surface area (Å²) in [6.07, 6.45) is 0.681. The maximum atomic E-state index is 6.29. The highest BCUT2D eigenvalue weighted by atomic mass is 79.9. The summed E-state index contributed by atoms with van der Waals surface area (Å²) < 4.78 is 6.20. The first-order valence-corrected chi connectivity index (χ1v) is 7.59. The van der Waals surface area contributed by atoms with Crippen molar-refractivity contribution in [3.05, 3.63) is 62.0 Å². The molecule has 2 rings (SSSR count). The zero-order valence-corrected chi connectivity index (χ0v) is 14.0. The van der Waals surface area contributed by atoms with Crippen LogP contribution in [0.5, 0.6) is 5.75 Å². The topological polar surface area (TPSA) is 35.2 Å². The zero-order valence-electron chi connectivity index (χ0n) is 10.9. The summed E-state index contributed by atoms with van der Waals surface area (Å²) in [5, 5.41) is 1.34. The highest BCUT2D eigenvalue weighted by molar-refractivity contribution is 9.10. The normalized spacial score (nSPS) is 12.2. The lowest BCUT2D eigenvalue weighted by atomic mass is 9.99. The summed E-state index contributed by atoms with van der Waals surface area (Å²) in [4.78, 5) is 0. The first-order valence-electron chi connectivity index (χ1n) is 6.04. The quantitative estimate of drug-likeness (QED) is 0.816. The molecule has 1 atom stereocenters. The number of hydrogen-bond acceptors (Lipinski definition) is 2. The summed E-state index contributed by atoms with van der Waals surface area (Å²) in [5.41, 5.74) is 8.27. The third-order valence-electron chi connectivity index (χ3n) is 3.01. The molecule has 2 N–H and O–H groups in total. The number of benzene rings is 2. The number of hydrogen-bond donors (Lipinski definition) is 1. The number of rotatable bonds is 4. The van der Waals surface area contributed by atoms with Gasteiger partial charge in [0.25, 0.3) is 0 Å². The van der Waals surface area contributed by atoms with Gasteiger partial charge in [0.15, 0.2) is 0 Å². The van der Waals surface area contributed by atoms with E-state index in [1.165, 1.54) is 0 Å². The van der Waals surface area contributed by atoms with Crippen molar-refractivity contribution in [1.82, 2.24) is 0 Å². The highest BCUT2D eigenvalue weighted by Gasteiger charge is 2.16. The van der Waals surface area contributed by atoms with Crippen molar-refractivity contribution < 1.29 is 4.74 Å². The van der Waals surface area contributed by atoms with E-state index in [0.717, 1.165) is 21.3 Å². The Kier molecular flexibility index (Phi) is 5.33. The van der Waals surface area contributed by atoms with E-state index >= 15 is 0 Å². The van der Waals surface area contributed by atoms with E-state index in [0.29, 0.717) is 16.5 Å². The van der Waals surface area contributed by atoms with Crippen LogP contribution in [0.1, 0.15) is 17.2 Å². The first kappa shape index (κ1) is 15.6. The molecule has 106 valence electrons. The van der Waals surface area contributed by atoms with Gasteiger partial charge in [0.2, 0.25) is 0 Å². The Balaban J connectivity index is 2.28. The maximum absolute atomic E-state index is 6.29. The molecule has 0 spiro atoms. The van der Waals surface area contributed by atoms with Crippen molar-refractivity contribution in [1.29, 1.82) is 0 Å². The van der Waals surface area contributed by atoms with Gasteiger partial charge in [0, 0.05) is 21.7 Å². The minimum atomic E-state index is -0.207. The van der Waals surface area contributed by atoms with Crippen molar-refractivity contribution in [3.8, 4) is 5.75 Å². The fraction of sp³-hybridized carbons (Fsp3) is 0.200. The van der Waals surface area contributed by atoms with Crippen LogP contribution in [0.3, 0.4) is 0 Å². The largest absolute Gasteiger partial charge is 0.495 e. The Morgan fingerprint density at radius 1 is 1.15 bits per heavy atom. The first-order chi connectivity index (χ1) is 9.51. The van der Waals surface area contributed by atoms with E-state index in [-0.39, 0.29) is 6.04 Å². The molecule has 1 unspecified atom stereocenters. The lowest BCUT2D eigenvalue weighted by molar-refractivity contribution is 0.403. The lowest BCUT2D eigenvalue weighted by Gasteiger charge is -2.17. The van der Waals surface area contributed by atoms with Gasteiger partial charge in [-0.15, -0.1) is 0 Å². The van der Waals surface area contributed by atoms with Crippen LogP contribution < -0.4 is 10.5 Å². The standard InChI is InChI=1S/C15H14BrCl2NO/c1-20-15-12(7-11(18)8-13(15)16)14(19)6-9-2-4-10(17)5-3-9/h2-5,7-8,14H,6,19H2,1H3. The number of halogens is 3. The van der Waals surface area contributed by atoms with Gasteiger partial charge in [-0.25, -0.2) is 0 Å². The summed E-state index contributed by atoms with van der Waals surface area (Å²) >= 11 is 15.4. The van der Waals surface area contributed by atoms with Gasteiger partial charge in [-0.2, -0.15) is 0 Å². The molecule has 0 radical (unpaired) electrons. The minimum Gasteiger partial charge on any atom is -0.495 e. The molecule has 0 amide bonds. The van der Waals surface area contributed by atoms with Crippen LogP contribution in [0.2, 0.25) is 10.0 Å². The van der Waals surface area contributed by atoms with Crippen LogP contribution in [-0.2, 0) is 6.42 Å². The van der Waals surface area contributed by atoms with Crippen molar-refractivity contribution in [2.45, 2.75) is 12.5 Å². The molecule has 0 saturated heterocycles. The fourth-order valence-corrected chi connectivity index (χ4v) is 3.18. The molecule has 5 heteroatoms. The second-order valence-corrected chi connectivity index (χ2v) is 6.17. The van der Waals surface area contributed by atoms with Gasteiger partial charge in [0.1, 0.15) is 5.75 Å². The molecule has 2 aromatic rings. The molecular weight excluding hydrogens is 361 g/mol. The Morgan fingerprint density at radius 2 is 1.80 bits per heavy atom. The monoisotopic (exact) mass is 373 g/mol. The van der Waals surface area contributed by atoms with Crippen LogP contribution in [0.4, 0.5) is 0 Å². The summed E-state index contributed by atoms with van der Waals surface area (Å²) in [5.74, 6) is 0.718. The Hall–Kier alpha value is -0.740. The number of ether oxygens (including phenoxy) is 1. The minimum absolute atomic E-state index is 0.207. The van der Waals surface area contributed by atoms with Gasteiger partial charge in [0.05, 0.1) is 11.6 Å². The van der Waals surface area contributed by atoms with Crippen molar-refractivity contribution >= 4 is 39.1 Å². The van der Waals surface area contributed by atoms with E-state index in [2.05, 4.69) is 15.9 Å². The van der Waals surface area contributed by atoms with Crippen LogP contribution >= 0.6 is 39.1 Å². The Morgan fingerprint density at radius 3 is 2.40 bits per heavy atom. The van der Waals surface area contributed by atoms with Gasteiger partial charge in [-0.1, -0.05) is 35.3 Å². The maximum Gasteiger partial charge on any atom is 0.137 e. The Bertz CT molecular complexity index is 602. The third kappa shape index (κ3) is 3.67. The summed E-state index contributed by atoms with van der Waals surface area (Å²) in [7, 11) is 1.62.